The van der Waals surface area contributed by atoms with E-state index in [2.05, 4.69) is 25.1 Å². The molecular weight excluding hydrogens is 384 g/mol. The van der Waals surface area contributed by atoms with Gasteiger partial charge in [-0.25, -0.2) is 8.42 Å². The molecule has 1 aliphatic rings. The average molecular weight is 415 g/mol. The van der Waals surface area contributed by atoms with Crippen LogP contribution in [0.1, 0.15) is 43.4 Å². The van der Waals surface area contributed by atoms with Crippen LogP contribution in [0.2, 0.25) is 0 Å². The van der Waals surface area contributed by atoms with E-state index in [0.29, 0.717) is 37.4 Å². The van der Waals surface area contributed by atoms with Gasteiger partial charge < -0.3 is 4.90 Å². The predicted molar refractivity (Wildman–Crippen MR) is 117 cm³/mol. The lowest BCUT2D eigenvalue weighted by atomic mass is 10.0. The zero-order valence-electron chi connectivity index (χ0n) is 17.5. The highest BCUT2D eigenvalue weighted by molar-refractivity contribution is 7.89. The number of sulfonamides is 1. The van der Waals surface area contributed by atoms with Crippen molar-refractivity contribution in [3.63, 3.8) is 0 Å². The summed E-state index contributed by atoms with van der Waals surface area (Å²) in [6.07, 6.45) is 2.79. The molecule has 156 valence electrons. The van der Waals surface area contributed by atoms with Crippen LogP contribution in [0.25, 0.3) is 0 Å². The third-order valence-corrected chi connectivity index (χ3v) is 7.57. The summed E-state index contributed by atoms with van der Waals surface area (Å²) in [6.45, 7) is 7.30. The number of aryl methyl sites for hydroxylation is 3. The second-order valence-corrected chi connectivity index (χ2v) is 9.46. The fourth-order valence-corrected chi connectivity index (χ4v) is 5.47. The van der Waals surface area contributed by atoms with Crippen molar-refractivity contribution in [1.82, 2.24) is 4.31 Å². The number of carbonyl (C=O) groups is 1. The Balaban J connectivity index is 1.79. The van der Waals surface area contributed by atoms with E-state index >= 15 is 0 Å². The molecule has 0 aliphatic carbocycles. The largest absolute Gasteiger partial charge is 0.312 e. The van der Waals surface area contributed by atoms with Crippen LogP contribution in [0.15, 0.2) is 47.4 Å². The Morgan fingerprint density at radius 3 is 2.55 bits per heavy atom. The van der Waals surface area contributed by atoms with E-state index in [1.165, 1.54) is 9.87 Å². The lowest BCUT2D eigenvalue weighted by molar-refractivity contribution is -0.118. The molecule has 1 amide bonds. The highest BCUT2D eigenvalue weighted by Crippen LogP contribution is 2.31. The molecule has 0 atom stereocenters. The van der Waals surface area contributed by atoms with E-state index in [1.807, 2.05) is 24.8 Å². The molecule has 0 spiro atoms. The summed E-state index contributed by atoms with van der Waals surface area (Å²) in [5.74, 6) is 0.0896. The second-order valence-electron chi connectivity index (χ2n) is 7.52. The van der Waals surface area contributed by atoms with E-state index in [0.717, 1.165) is 29.7 Å². The molecule has 29 heavy (non-hydrogen) atoms. The molecule has 2 aromatic carbocycles. The van der Waals surface area contributed by atoms with Gasteiger partial charge in [0.25, 0.3) is 0 Å². The minimum atomic E-state index is -3.49. The zero-order chi connectivity index (χ0) is 21.0. The summed E-state index contributed by atoms with van der Waals surface area (Å²) in [5.41, 5.74) is 4.15. The summed E-state index contributed by atoms with van der Waals surface area (Å²) in [4.78, 5) is 15.0. The van der Waals surface area contributed by atoms with E-state index in [4.69, 9.17) is 0 Å². The molecule has 3 rings (SSSR count). The van der Waals surface area contributed by atoms with Crippen molar-refractivity contribution in [3.05, 3.63) is 59.2 Å². The lowest BCUT2D eigenvalue weighted by Gasteiger charge is -2.30. The molecule has 0 unspecified atom stereocenters. The van der Waals surface area contributed by atoms with Gasteiger partial charge in [0.1, 0.15) is 0 Å². The maximum atomic E-state index is 12.9. The number of hydrogen-bond acceptors (Lipinski definition) is 3. The van der Waals surface area contributed by atoms with Crippen LogP contribution in [0.5, 0.6) is 0 Å². The lowest BCUT2D eigenvalue weighted by Crippen LogP contribution is -2.36. The van der Waals surface area contributed by atoms with Gasteiger partial charge in [0, 0.05) is 31.7 Å². The molecule has 5 nitrogen and oxygen atoms in total. The summed E-state index contributed by atoms with van der Waals surface area (Å²) in [7, 11) is -3.49. The highest BCUT2D eigenvalue weighted by atomic mass is 32.2. The number of fused-ring (bicyclic) bond motifs is 1. The molecule has 1 heterocycles. The van der Waals surface area contributed by atoms with E-state index in [1.54, 1.807) is 18.2 Å². The van der Waals surface area contributed by atoms with E-state index in [9.17, 15) is 13.2 Å². The van der Waals surface area contributed by atoms with Crippen molar-refractivity contribution in [2.24, 2.45) is 0 Å². The molecular formula is C23H30N2O3S. The Bertz CT molecular complexity index is 981. The SMILES string of the molecule is CCN(CC)S(=O)(=O)c1ccc2c(c1)CCCN2C(=O)CCc1cccc(C)c1. The molecule has 0 bridgehead atoms. The number of hydrogen-bond donors (Lipinski definition) is 0. The molecule has 0 aromatic heterocycles. The molecule has 0 N–H and O–H groups in total. The van der Waals surface area contributed by atoms with Crippen LogP contribution in [0.4, 0.5) is 5.69 Å². The quantitative estimate of drug-likeness (QED) is 0.690. The first-order valence-electron chi connectivity index (χ1n) is 10.4. The number of nitrogens with zero attached hydrogens (tertiary/aromatic N) is 2. The van der Waals surface area contributed by atoms with Gasteiger partial charge in [0.2, 0.25) is 15.9 Å². The number of amides is 1. The summed E-state index contributed by atoms with van der Waals surface area (Å²) >= 11 is 0. The Labute approximate surface area is 174 Å². The van der Waals surface area contributed by atoms with Gasteiger partial charge in [-0.05, 0) is 55.5 Å². The monoisotopic (exact) mass is 414 g/mol. The normalized spacial score (nSPS) is 14.1. The molecule has 2 aromatic rings. The topological polar surface area (TPSA) is 57.7 Å². The van der Waals surface area contributed by atoms with Crippen LogP contribution >= 0.6 is 0 Å². The maximum absolute atomic E-state index is 12.9. The molecule has 0 saturated carbocycles. The van der Waals surface area contributed by atoms with Crippen molar-refractivity contribution >= 4 is 21.6 Å². The Hall–Kier alpha value is -2.18. The third kappa shape index (κ3) is 4.70. The Morgan fingerprint density at radius 1 is 1.10 bits per heavy atom. The van der Waals surface area contributed by atoms with Crippen LogP contribution < -0.4 is 4.90 Å². The van der Waals surface area contributed by atoms with Gasteiger partial charge in [0.05, 0.1) is 4.90 Å². The van der Waals surface area contributed by atoms with Crippen molar-refractivity contribution in [3.8, 4) is 0 Å². The predicted octanol–water partition coefficient (Wildman–Crippen LogP) is 3.94. The first kappa shape index (κ1) is 21.5. The molecule has 0 saturated heterocycles. The zero-order valence-corrected chi connectivity index (χ0v) is 18.3. The molecule has 1 aliphatic heterocycles. The fourth-order valence-electron chi connectivity index (χ4n) is 3.96. The molecule has 6 heteroatoms. The van der Waals surface area contributed by atoms with Crippen molar-refractivity contribution < 1.29 is 13.2 Å². The summed E-state index contributed by atoms with van der Waals surface area (Å²) < 4.78 is 27.1. The van der Waals surface area contributed by atoms with Gasteiger partial charge in [-0.2, -0.15) is 4.31 Å². The van der Waals surface area contributed by atoms with Crippen molar-refractivity contribution in [2.75, 3.05) is 24.5 Å². The number of rotatable bonds is 7. The van der Waals surface area contributed by atoms with E-state index in [-0.39, 0.29) is 5.91 Å². The van der Waals surface area contributed by atoms with Gasteiger partial charge >= 0.3 is 0 Å². The van der Waals surface area contributed by atoms with Crippen LogP contribution in [-0.2, 0) is 27.7 Å². The third-order valence-electron chi connectivity index (χ3n) is 5.52. The summed E-state index contributed by atoms with van der Waals surface area (Å²) in [5, 5.41) is 0. The van der Waals surface area contributed by atoms with Gasteiger partial charge in [-0.15, -0.1) is 0 Å². The average Bonchev–Trinajstić information content (AvgIpc) is 2.72. The maximum Gasteiger partial charge on any atom is 0.243 e. The molecule has 0 fully saturated rings. The minimum absolute atomic E-state index is 0.0896. The van der Waals surface area contributed by atoms with Crippen LogP contribution in [0.3, 0.4) is 0 Å². The Kier molecular flexibility index (Phi) is 6.75. The van der Waals surface area contributed by atoms with Crippen LogP contribution in [0, 0.1) is 6.92 Å². The Morgan fingerprint density at radius 2 is 1.86 bits per heavy atom. The van der Waals surface area contributed by atoms with Crippen molar-refractivity contribution in [1.29, 1.82) is 0 Å². The second kappa shape index (κ2) is 9.09. The minimum Gasteiger partial charge on any atom is -0.312 e. The van der Waals surface area contributed by atoms with Gasteiger partial charge in [-0.3, -0.25) is 4.79 Å². The standard InChI is InChI=1S/C23H30N2O3S/c1-4-24(5-2)29(27,28)21-12-13-22-20(17-21)10-7-15-25(22)23(26)14-11-19-9-6-8-18(3)16-19/h6,8-9,12-13,16-17H,4-5,7,10-11,14-15H2,1-3H3. The fraction of sp³-hybridized carbons (Fsp3) is 0.435. The van der Waals surface area contributed by atoms with Gasteiger partial charge in [0.15, 0.2) is 0 Å². The molecule has 0 radical (unpaired) electrons. The van der Waals surface area contributed by atoms with Gasteiger partial charge in [-0.1, -0.05) is 43.7 Å². The smallest absolute Gasteiger partial charge is 0.243 e. The van der Waals surface area contributed by atoms with Crippen molar-refractivity contribution in [2.45, 2.75) is 51.3 Å². The highest BCUT2D eigenvalue weighted by Gasteiger charge is 2.26. The van der Waals surface area contributed by atoms with Crippen LogP contribution in [-0.4, -0.2) is 38.3 Å². The number of benzene rings is 2. The number of carbonyl (C=O) groups excluding carboxylic acids is 1. The number of anilines is 1. The first-order chi connectivity index (χ1) is 13.9. The first-order valence-corrected chi connectivity index (χ1v) is 11.8. The van der Waals surface area contributed by atoms with E-state index < -0.39 is 10.0 Å². The summed E-state index contributed by atoms with van der Waals surface area (Å²) in [6, 6.07) is 13.4.